The van der Waals surface area contributed by atoms with Gasteiger partial charge in [-0.15, -0.1) is 0 Å². The van der Waals surface area contributed by atoms with E-state index in [1.165, 1.54) is 0 Å². The summed E-state index contributed by atoms with van der Waals surface area (Å²) in [6.07, 6.45) is -0.497. The first-order valence-corrected chi connectivity index (χ1v) is 7.40. The summed E-state index contributed by atoms with van der Waals surface area (Å²) in [7, 11) is 0. The van der Waals surface area contributed by atoms with Gasteiger partial charge < -0.3 is 4.74 Å². The molecule has 2 aromatic rings. The van der Waals surface area contributed by atoms with Gasteiger partial charge in [-0.05, 0) is 42.8 Å². The lowest BCUT2D eigenvalue weighted by Crippen LogP contribution is -2.20. The van der Waals surface area contributed by atoms with Gasteiger partial charge in [0.05, 0.1) is 6.61 Å². The summed E-state index contributed by atoms with van der Waals surface area (Å²) in [6, 6.07) is 14.6. The fourth-order valence-corrected chi connectivity index (χ4v) is 2.28. The number of hydrogen-bond donors (Lipinski definition) is 0. The quantitative estimate of drug-likeness (QED) is 0.715. The van der Waals surface area contributed by atoms with Crippen molar-refractivity contribution in [2.75, 3.05) is 0 Å². The average molecular weight is 354 g/mol. The zero-order chi connectivity index (χ0) is 14.5. The van der Waals surface area contributed by atoms with E-state index in [0.717, 1.165) is 10.0 Å². The van der Waals surface area contributed by atoms with Crippen LogP contribution in [-0.2, 0) is 11.3 Å². The van der Waals surface area contributed by atoms with E-state index >= 15 is 0 Å². The Labute approximate surface area is 131 Å². The van der Waals surface area contributed by atoms with E-state index in [0.29, 0.717) is 17.2 Å². The highest BCUT2D eigenvalue weighted by atomic mass is 79.9. The van der Waals surface area contributed by atoms with Crippen molar-refractivity contribution in [2.24, 2.45) is 0 Å². The van der Waals surface area contributed by atoms with Crippen molar-refractivity contribution < 1.29 is 9.53 Å². The van der Waals surface area contributed by atoms with Gasteiger partial charge in [-0.25, -0.2) is 0 Å². The molecule has 0 aliphatic rings. The van der Waals surface area contributed by atoms with E-state index in [9.17, 15) is 4.79 Å². The molecule has 1 unspecified atom stereocenters. The second-order valence-corrected chi connectivity index (χ2v) is 5.71. The molecule has 0 bridgehead atoms. The minimum absolute atomic E-state index is 0.0475. The molecule has 0 aromatic heterocycles. The Morgan fingerprint density at radius 2 is 1.85 bits per heavy atom. The largest absolute Gasteiger partial charge is 0.366 e. The van der Waals surface area contributed by atoms with Gasteiger partial charge in [-0.3, -0.25) is 4.79 Å². The first kappa shape index (κ1) is 15.2. The molecule has 0 heterocycles. The van der Waals surface area contributed by atoms with Crippen LogP contribution in [0.4, 0.5) is 0 Å². The number of carbonyl (C=O) groups is 1. The Bertz CT molecular complexity index is 596. The van der Waals surface area contributed by atoms with Crippen LogP contribution in [-0.4, -0.2) is 11.9 Å². The van der Waals surface area contributed by atoms with E-state index in [1.807, 2.05) is 24.3 Å². The Morgan fingerprint density at radius 1 is 1.20 bits per heavy atom. The van der Waals surface area contributed by atoms with Crippen LogP contribution in [0, 0.1) is 0 Å². The molecule has 2 nitrogen and oxygen atoms in total. The van der Waals surface area contributed by atoms with Crippen LogP contribution < -0.4 is 0 Å². The van der Waals surface area contributed by atoms with Crippen molar-refractivity contribution in [2.45, 2.75) is 19.6 Å². The van der Waals surface area contributed by atoms with Crippen LogP contribution in [0.1, 0.15) is 22.8 Å². The van der Waals surface area contributed by atoms with Gasteiger partial charge >= 0.3 is 0 Å². The second-order valence-electron chi connectivity index (χ2n) is 4.42. The molecule has 104 valence electrons. The van der Waals surface area contributed by atoms with Gasteiger partial charge in [0.15, 0.2) is 5.78 Å². The van der Waals surface area contributed by atoms with Crippen LogP contribution in [0.2, 0.25) is 5.02 Å². The lowest BCUT2D eigenvalue weighted by molar-refractivity contribution is 0.0410. The molecule has 2 rings (SSSR count). The minimum atomic E-state index is -0.497. The van der Waals surface area contributed by atoms with Crippen LogP contribution in [0.3, 0.4) is 0 Å². The van der Waals surface area contributed by atoms with Crippen LogP contribution in [0.15, 0.2) is 53.0 Å². The van der Waals surface area contributed by atoms with Crippen molar-refractivity contribution >= 4 is 33.3 Å². The van der Waals surface area contributed by atoms with Gasteiger partial charge in [0.1, 0.15) is 6.10 Å². The molecule has 0 aliphatic heterocycles. The molecule has 4 heteroatoms. The lowest BCUT2D eigenvalue weighted by Gasteiger charge is -2.13. The summed E-state index contributed by atoms with van der Waals surface area (Å²) >= 11 is 9.26. The Morgan fingerprint density at radius 3 is 2.50 bits per heavy atom. The number of hydrogen-bond acceptors (Lipinski definition) is 2. The zero-order valence-electron chi connectivity index (χ0n) is 11.0. The molecule has 20 heavy (non-hydrogen) atoms. The molecule has 1 atom stereocenters. The molecule has 0 aliphatic carbocycles. The Hall–Kier alpha value is -1.16. The average Bonchev–Trinajstić information content (AvgIpc) is 2.46. The predicted molar refractivity (Wildman–Crippen MR) is 84.2 cm³/mol. The predicted octanol–water partition coefficient (Wildman–Crippen LogP) is 4.89. The van der Waals surface area contributed by atoms with E-state index in [1.54, 1.807) is 31.2 Å². The normalized spacial score (nSPS) is 12.2. The van der Waals surface area contributed by atoms with Crippen LogP contribution >= 0.6 is 27.5 Å². The number of rotatable bonds is 5. The lowest BCUT2D eigenvalue weighted by atomic mass is 10.1. The van der Waals surface area contributed by atoms with Crippen LogP contribution in [0.25, 0.3) is 0 Å². The third kappa shape index (κ3) is 3.92. The zero-order valence-corrected chi connectivity index (χ0v) is 13.3. The van der Waals surface area contributed by atoms with E-state index in [4.69, 9.17) is 16.3 Å². The topological polar surface area (TPSA) is 26.3 Å². The van der Waals surface area contributed by atoms with Crippen molar-refractivity contribution in [1.29, 1.82) is 0 Å². The number of benzene rings is 2. The maximum Gasteiger partial charge on any atom is 0.191 e. The molecule has 0 spiro atoms. The smallest absolute Gasteiger partial charge is 0.191 e. The van der Waals surface area contributed by atoms with Gasteiger partial charge in [0, 0.05) is 15.1 Å². The second kappa shape index (κ2) is 7.02. The SMILES string of the molecule is CC(OCc1ccccc1Br)C(=O)c1ccc(Cl)cc1. The molecule has 0 amide bonds. The highest BCUT2D eigenvalue weighted by Crippen LogP contribution is 2.18. The summed E-state index contributed by atoms with van der Waals surface area (Å²) in [5.74, 6) is -0.0475. The molecule has 0 fully saturated rings. The van der Waals surface area contributed by atoms with E-state index in [2.05, 4.69) is 15.9 Å². The maximum absolute atomic E-state index is 12.2. The van der Waals surface area contributed by atoms with Crippen LogP contribution in [0.5, 0.6) is 0 Å². The van der Waals surface area contributed by atoms with Gasteiger partial charge in [0.25, 0.3) is 0 Å². The van der Waals surface area contributed by atoms with Crippen molar-refractivity contribution in [3.63, 3.8) is 0 Å². The van der Waals surface area contributed by atoms with E-state index in [-0.39, 0.29) is 5.78 Å². The fraction of sp³-hybridized carbons (Fsp3) is 0.188. The summed E-state index contributed by atoms with van der Waals surface area (Å²) < 4.78 is 6.62. The van der Waals surface area contributed by atoms with E-state index < -0.39 is 6.10 Å². The molecule has 0 radical (unpaired) electrons. The Balaban J connectivity index is 1.98. The number of ether oxygens (including phenoxy) is 1. The van der Waals surface area contributed by atoms with Gasteiger partial charge in [0.2, 0.25) is 0 Å². The standard InChI is InChI=1S/C16H14BrClO2/c1-11(16(19)12-6-8-14(18)9-7-12)20-10-13-4-2-3-5-15(13)17/h2-9,11H,10H2,1H3. The number of halogens is 2. The third-order valence-electron chi connectivity index (χ3n) is 2.94. The summed E-state index contributed by atoms with van der Waals surface area (Å²) in [4.78, 5) is 12.2. The highest BCUT2D eigenvalue weighted by Gasteiger charge is 2.16. The third-order valence-corrected chi connectivity index (χ3v) is 3.97. The molecular formula is C16H14BrClO2. The number of carbonyl (C=O) groups excluding carboxylic acids is 1. The molecular weight excluding hydrogens is 340 g/mol. The van der Waals surface area contributed by atoms with Crippen molar-refractivity contribution in [3.05, 3.63) is 69.2 Å². The number of ketones is 1. The minimum Gasteiger partial charge on any atom is -0.366 e. The molecule has 2 aromatic carbocycles. The monoisotopic (exact) mass is 352 g/mol. The highest BCUT2D eigenvalue weighted by molar-refractivity contribution is 9.10. The van der Waals surface area contributed by atoms with Gasteiger partial charge in [-0.2, -0.15) is 0 Å². The number of Topliss-reactive ketones (excluding diaryl/α,β-unsaturated/α-hetero) is 1. The fourth-order valence-electron chi connectivity index (χ4n) is 1.75. The van der Waals surface area contributed by atoms with Gasteiger partial charge in [-0.1, -0.05) is 45.7 Å². The maximum atomic E-state index is 12.2. The summed E-state index contributed by atoms with van der Waals surface area (Å²) in [5.41, 5.74) is 1.62. The Kier molecular flexibility index (Phi) is 5.35. The molecule has 0 saturated heterocycles. The van der Waals surface area contributed by atoms with Crippen molar-refractivity contribution in [3.8, 4) is 0 Å². The summed E-state index contributed by atoms with van der Waals surface area (Å²) in [5, 5.41) is 0.614. The molecule has 0 N–H and O–H groups in total. The van der Waals surface area contributed by atoms with Crippen molar-refractivity contribution in [1.82, 2.24) is 0 Å². The first-order valence-electron chi connectivity index (χ1n) is 6.22. The first-order chi connectivity index (χ1) is 9.58. The molecule has 0 saturated carbocycles. The summed E-state index contributed by atoms with van der Waals surface area (Å²) in [6.45, 7) is 2.15.